The van der Waals surface area contributed by atoms with Crippen LogP contribution < -0.4 is 0 Å². The first kappa shape index (κ1) is 76.3. The Morgan fingerprint density at radius 3 is 0.589 bits per heavy atom. The Morgan fingerprint density at radius 2 is 0.383 bits per heavy atom. The average Bonchev–Trinajstić information content (AvgIpc) is 0.778. The standard InChI is InChI=1S/C90H94O17/c1-65(91)92-62-76-79(93-52-66-32-12-2-13-33-66)82(96-55-69-38-18-5-19-39-69)86(100-59-73-46-26-9-27-47-73)89(105-76)103-64-78-81(95-54-68-36-16-4-17-37-68)84(98-57-71-42-22-7-23-43-71)87(101-60-74-48-28-10-29-49-74)90(107-78)104-63-77-80(94-53-67-34-14-3-15-35-67)83(97-56-70-40-20-6-21-41-70)85(99-58-72-44-24-8-25-45-72)88(106-77)102-61-75-50-30-11-31-51-75/h2-51,76-90H,52-64H2,1H3/t76-,77-,78-,79-,80-,81-,82+,83+,84+,85+,86+,87+,88+,89+,90+/m1/s1. The van der Waals surface area contributed by atoms with Gasteiger partial charge in [0.05, 0.1) is 79.3 Å². The van der Waals surface area contributed by atoms with Gasteiger partial charge in [-0.2, -0.15) is 0 Å². The van der Waals surface area contributed by atoms with Gasteiger partial charge in [0.2, 0.25) is 0 Å². The smallest absolute Gasteiger partial charge is 0.302 e. The highest BCUT2D eigenvalue weighted by Gasteiger charge is 2.54. The Hall–Kier alpha value is -8.93. The summed E-state index contributed by atoms with van der Waals surface area (Å²) in [5.74, 6) is -0.503. The van der Waals surface area contributed by atoms with Crippen LogP contribution in [0.25, 0.3) is 0 Å². The van der Waals surface area contributed by atoms with E-state index >= 15 is 0 Å². The maximum atomic E-state index is 12.9. The predicted molar refractivity (Wildman–Crippen MR) is 401 cm³/mol. The van der Waals surface area contributed by atoms with E-state index < -0.39 is 98.1 Å². The van der Waals surface area contributed by atoms with Crippen LogP contribution in [0.3, 0.4) is 0 Å². The molecule has 0 aromatic heterocycles. The molecular formula is C90H94O17. The van der Waals surface area contributed by atoms with Gasteiger partial charge in [-0.3, -0.25) is 4.79 Å². The maximum Gasteiger partial charge on any atom is 0.302 e. The van der Waals surface area contributed by atoms with E-state index in [0.29, 0.717) is 0 Å². The molecule has 0 bridgehead atoms. The number of carbonyl (C=O) groups excluding carboxylic acids is 1. The minimum absolute atomic E-state index is 0.137. The van der Waals surface area contributed by atoms with Gasteiger partial charge in [-0.05, 0) is 55.6 Å². The summed E-state index contributed by atoms with van der Waals surface area (Å²) < 4.78 is 114. The van der Waals surface area contributed by atoms with Crippen molar-refractivity contribution in [1.82, 2.24) is 0 Å². The van der Waals surface area contributed by atoms with Gasteiger partial charge in [-0.25, -0.2) is 0 Å². The molecule has 0 radical (unpaired) electrons. The molecule has 3 aliphatic heterocycles. The van der Waals surface area contributed by atoms with Crippen molar-refractivity contribution in [2.45, 2.75) is 165 Å². The van der Waals surface area contributed by atoms with Gasteiger partial charge in [0.25, 0.3) is 0 Å². The number of hydrogen-bond donors (Lipinski definition) is 0. The molecule has 0 spiro atoms. The number of esters is 1. The Labute approximate surface area is 627 Å². The highest BCUT2D eigenvalue weighted by Crippen LogP contribution is 2.38. The summed E-state index contributed by atoms with van der Waals surface area (Å²) >= 11 is 0. The lowest BCUT2D eigenvalue weighted by atomic mass is 9.96. The van der Waals surface area contributed by atoms with E-state index in [1.54, 1.807) is 0 Å². The van der Waals surface area contributed by atoms with Gasteiger partial charge < -0.3 is 75.8 Å². The van der Waals surface area contributed by atoms with Crippen LogP contribution in [0.15, 0.2) is 303 Å². The van der Waals surface area contributed by atoms with Crippen LogP contribution in [0.5, 0.6) is 0 Å². The molecule has 0 amide bonds. The normalized spacial score (nSPS) is 24.3. The average molecular weight is 1450 g/mol. The monoisotopic (exact) mass is 1450 g/mol. The van der Waals surface area contributed by atoms with Crippen molar-refractivity contribution < 1.29 is 80.6 Å². The van der Waals surface area contributed by atoms with Gasteiger partial charge in [-0.1, -0.05) is 303 Å². The summed E-state index contributed by atoms with van der Waals surface area (Å²) in [6.45, 7) is 2.54. The molecular weight excluding hydrogens is 1350 g/mol. The van der Waals surface area contributed by atoms with Crippen LogP contribution >= 0.6 is 0 Å². The van der Waals surface area contributed by atoms with Crippen molar-refractivity contribution in [3.05, 3.63) is 359 Å². The lowest BCUT2D eigenvalue weighted by molar-refractivity contribution is -0.363. The number of carbonyl (C=O) groups is 1. The van der Waals surface area contributed by atoms with E-state index in [0.717, 1.165) is 55.6 Å². The molecule has 17 nitrogen and oxygen atoms in total. The van der Waals surface area contributed by atoms with Gasteiger partial charge >= 0.3 is 5.97 Å². The molecule has 10 aromatic carbocycles. The van der Waals surface area contributed by atoms with Crippen molar-refractivity contribution >= 4 is 5.97 Å². The van der Waals surface area contributed by atoms with Crippen molar-refractivity contribution in [1.29, 1.82) is 0 Å². The number of hydrogen-bond acceptors (Lipinski definition) is 17. The van der Waals surface area contributed by atoms with Crippen molar-refractivity contribution in [2.24, 2.45) is 0 Å². The van der Waals surface area contributed by atoms with Crippen LogP contribution in [-0.4, -0.2) is 118 Å². The minimum atomic E-state index is -1.24. The highest BCUT2D eigenvalue weighted by atomic mass is 16.8. The number of ether oxygens (including phenoxy) is 16. The van der Waals surface area contributed by atoms with Gasteiger partial charge in [0.15, 0.2) is 18.9 Å². The third-order valence-electron chi connectivity index (χ3n) is 18.9. The molecule has 0 aliphatic carbocycles. The fourth-order valence-corrected chi connectivity index (χ4v) is 13.4. The Balaban J connectivity index is 0.891. The Bertz CT molecular complexity index is 4090. The molecule has 556 valence electrons. The topological polar surface area (TPSA) is 165 Å². The quantitative estimate of drug-likeness (QED) is 0.0335. The maximum absolute atomic E-state index is 12.9. The fraction of sp³-hybridized carbons (Fsp3) is 0.322. The summed E-state index contributed by atoms with van der Waals surface area (Å²) in [5.41, 5.74) is 9.21. The summed E-state index contributed by atoms with van der Waals surface area (Å²) in [5, 5.41) is 0. The van der Waals surface area contributed by atoms with Gasteiger partial charge in [0, 0.05) is 6.92 Å². The van der Waals surface area contributed by atoms with Crippen molar-refractivity contribution in [3.8, 4) is 0 Å². The molecule has 0 N–H and O–H groups in total. The summed E-state index contributed by atoms with van der Waals surface area (Å²) in [4.78, 5) is 12.9. The van der Waals surface area contributed by atoms with Crippen molar-refractivity contribution in [2.75, 3.05) is 19.8 Å². The van der Waals surface area contributed by atoms with E-state index in [1.807, 2.05) is 303 Å². The molecule has 10 aromatic rings. The molecule has 3 fully saturated rings. The third kappa shape index (κ3) is 22.8. The van der Waals surface area contributed by atoms with Gasteiger partial charge in [-0.15, -0.1) is 0 Å². The molecule has 0 saturated carbocycles. The van der Waals surface area contributed by atoms with E-state index in [9.17, 15) is 4.79 Å². The molecule has 13 rings (SSSR count). The van der Waals surface area contributed by atoms with Crippen LogP contribution in [0.1, 0.15) is 62.6 Å². The second kappa shape index (κ2) is 40.9. The van der Waals surface area contributed by atoms with Crippen LogP contribution in [0, 0.1) is 0 Å². The van der Waals surface area contributed by atoms with Crippen LogP contribution in [-0.2, 0) is 147 Å². The molecule has 107 heavy (non-hydrogen) atoms. The van der Waals surface area contributed by atoms with E-state index in [1.165, 1.54) is 6.92 Å². The first-order valence-electron chi connectivity index (χ1n) is 36.8. The molecule has 3 aliphatic rings. The SMILES string of the molecule is CC(=O)OC[C@H]1O[C@H](OC[C@H]2O[C@H](OC[C@H]3O[C@H](OCc4ccccc4)[C@@H](OCc4ccccc4)[C@@H](OCc4ccccc4)[C@@H]3OCc3ccccc3)[C@@H](OCc3ccccc3)[C@@H](OCc3ccccc3)[C@@H]2OCc2ccccc2)[C@@H](OCc2ccccc2)[C@@H](OCc2ccccc2)[C@@H]1OCc1ccccc1. The lowest BCUT2D eigenvalue weighted by Crippen LogP contribution is -2.65. The Morgan fingerprint density at radius 1 is 0.215 bits per heavy atom. The van der Waals surface area contributed by atoms with E-state index in [2.05, 4.69) is 0 Å². The zero-order valence-corrected chi connectivity index (χ0v) is 60.2. The molecule has 3 heterocycles. The number of benzene rings is 10. The molecule has 0 unspecified atom stereocenters. The predicted octanol–water partition coefficient (Wildman–Crippen LogP) is 15.2. The fourth-order valence-electron chi connectivity index (χ4n) is 13.4. The first-order chi connectivity index (χ1) is 52.9. The third-order valence-corrected chi connectivity index (χ3v) is 18.9. The number of rotatable bonds is 38. The van der Waals surface area contributed by atoms with Gasteiger partial charge in [0.1, 0.15) is 79.9 Å². The zero-order valence-electron chi connectivity index (χ0n) is 60.2. The second-order valence-electron chi connectivity index (χ2n) is 26.7. The molecule has 15 atom stereocenters. The van der Waals surface area contributed by atoms with E-state index in [-0.39, 0.29) is 85.9 Å². The Kier molecular flexibility index (Phi) is 29.1. The lowest BCUT2D eigenvalue weighted by Gasteiger charge is -2.49. The van der Waals surface area contributed by atoms with Crippen molar-refractivity contribution in [3.63, 3.8) is 0 Å². The largest absolute Gasteiger partial charge is 0.463 e. The van der Waals surface area contributed by atoms with E-state index in [4.69, 9.17) is 75.8 Å². The first-order valence-corrected chi connectivity index (χ1v) is 36.8. The van der Waals surface area contributed by atoms with Crippen LogP contribution in [0.2, 0.25) is 0 Å². The second-order valence-corrected chi connectivity index (χ2v) is 26.7. The summed E-state index contributed by atoms with van der Waals surface area (Å²) in [6.07, 6.45) is -14.5. The molecule has 3 saturated heterocycles. The molecule has 17 heteroatoms. The summed E-state index contributed by atoms with van der Waals surface area (Å²) in [6, 6.07) is 99.4. The van der Waals surface area contributed by atoms with Crippen LogP contribution in [0.4, 0.5) is 0 Å². The zero-order chi connectivity index (χ0) is 72.9. The minimum Gasteiger partial charge on any atom is -0.463 e. The summed E-state index contributed by atoms with van der Waals surface area (Å²) in [7, 11) is 0. The highest BCUT2D eigenvalue weighted by molar-refractivity contribution is 5.65.